The highest BCUT2D eigenvalue weighted by atomic mass is 35.5. The SMILES string of the molecule is Cc1nnc2n1CCCC2Nc1ccncc1Cl. The molecular formula is C12H14ClN5. The zero-order chi connectivity index (χ0) is 12.5. The van der Waals surface area contributed by atoms with E-state index >= 15 is 0 Å². The molecule has 0 saturated heterocycles. The number of pyridine rings is 1. The van der Waals surface area contributed by atoms with Crippen LogP contribution >= 0.6 is 11.6 Å². The summed E-state index contributed by atoms with van der Waals surface area (Å²) in [5, 5.41) is 12.4. The fraction of sp³-hybridized carbons (Fsp3) is 0.417. The molecule has 1 unspecified atom stereocenters. The second kappa shape index (κ2) is 4.57. The first-order valence-electron chi connectivity index (χ1n) is 6.01. The molecule has 0 bridgehead atoms. The van der Waals surface area contributed by atoms with Crippen LogP contribution in [0.5, 0.6) is 0 Å². The highest BCUT2D eigenvalue weighted by Crippen LogP contribution is 2.30. The van der Waals surface area contributed by atoms with E-state index in [1.165, 1.54) is 0 Å². The van der Waals surface area contributed by atoms with Crippen LogP contribution in [-0.4, -0.2) is 19.7 Å². The van der Waals surface area contributed by atoms with Gasteiger partial charge in [-0.3, -0.25) is 4.98 Å². The average Bonchev–Trinajstić information content (AvgIpc) is 2.76. The molecule has 5 nitrogen and oxygen atoms in total. The summed E-state index contributed by atoms with van der Waals surface area (Å²) in [5.74, 6) is 1.96. The summed E-state index contributed by atoms with van der Waals surface area (Å²) < 4.78 is 2.16. The van der Waals surface area contributed by atoms with Gasteiger partial charge in [0, 0.05) is 18.9 Å². The molecule has 1 N–H and O–H groups in total. The van der Waals surface area contributed by atoms with E-state index in [1.807, 2.05) is 13.0 Å². The summed E-state index contributed by atoms with van der Waals surface area (Å²) in [6.45, 7) is 2.98. The Morgan fingerprint density at radius 2 is 2.33 bits per heavy atom. The van der Waals surface area contributed by atoms with E-state index in [-0.39, 0.29) is 6.04 Å². The highest BCUT2D eigenvalue weighted by molar-refractivity contribution is 6.33. The van der Waals surface area contributed by atoms with Gasteiger partial charge in [0.1, 0.15) is 5.82 Å². The molecule has 0 spiro atoms. The predicted molar refractivity (Wildman–Crippen MR) is 69.6 cm³/mol. The van der Waals surface area contributed by atoms with Gasteiger partial charge < -0.3 is 9.88 Å². The minimum absolute atomic E-state index is 0.167. The van der Waals surface area contributed by atoms with Crippen LogP contribution in [0.15, 0.2) is 18.5 Å². The second-order valence-electron chi connectivity index (χ2n) is 4.45. The third-order valence-corrected chi connectivity index (χ3v) is 3.55. The number of hydrogen-bond donors (Lipinski definition) is 1. The molecule has 18 heavy (non-hydrogen) atoms. The maximum atomic E-state index is 6.11. The molecular weight excluding hydrogens is 250 g/mol. The third-order valence-electron chi connectivity index (χ3n) is 3.25. The zero-order valence-corrected chi connectivity index (χ0v) is 10.9. The van der Waals surface area contributed by atoms with E-state index in [4.69, 9.17) is 11.6 Å². The maximum Gasteiger partial charge on any atom is 0.155 e. The van der Waals surface area contributed by atoms with Gasteiger partial charge >= 0.3 is 0 Å². The van der Waals surface area contributed by atoms with Crippen molar-refractivity contribution in [2.75, 3.05) is 5.32 Å². The van der Waals surface area contributed by atoms with Gasteiger partial charge in [-0.2, -0.15) is 0 Å². The lowest BCUT2D eigenvalue weighted by molar-refractivity contribution is 0.464. The minimum Gasteiger partial charge on any atom is -0.374 e. The van der Waals surface area contributed by atoms with Crippen molar-refractivity contribution in [3.05, 3.63) is 35.1 Å². The zero-order valence-electron chi connectivity index (χ0n) is 10.1. The first kappa shape index (κ1) is 11.5. The van der Waals surface area contributed by atoms with E-state index in [9.17, 15) is 0 Å². The van der Waals surface area contributed by atoms with Gasteiger partial charge in [0.15, 0.2) is 5.82 Å². The smallest absolute Gasteiger partial charge is 0.155 e. The molecule has 3 rings (SSSR count). The van der Waals surface area contributed by atoms with E-state index in [2.05, 4.69) is 25.1 Å². The average molecular weight is 264 g/mol. The first-order valence-corrected chi connectivity index (χ1v) is 6.39. The van der Waals surface area contributed by atoms with Crippen LogP contribution in [0, 0.1) is 6.92 Å². The molecule has 0 saturated carbocycles. The quantitative estimate of drug-likeness (QED) is 0.905. The summed E-state index contributed by atoms with van der Waals surface area (Å²) in [5.41, 5.74) is 0.894. The number of fused-ring (bicyclic) bond motifs is 1. The van der Waals surface area contributed by atoms with E-state index in [0.717, 1.165) is 36.7 Å². The van der Waals surface area contributed by atoms with Crippen LogP contribution in [0.25, 0.3) is 0 Å². The number of halogens is 1. The van der Waals surface area contributed by atoms with Crippen molar-refractivity contribution >= 4 is 17.3 Å². The van der Waals surface area contributed by atoms with Gasteiger partial charge in [0.05, 0.1) is 16.8 Å². The van der Waals surface area contributed by atoms with Crippen LogP contribution in [-0.2, 0) is 6.54 Å². The van der Waals surface area contributed by atoms with Crippen LogP contribution in [0.2, 0.25) is 5.02 Å². The molecule has 2 aromatic rings. The number of aryl methyl sites for hydroxylation is 1. The monoisotopic (exact) mass is 263 g/mol. The van der Waals surface area contributed by atoms with Gasteiger partial charge in [-0.1, -0.05) is 11.6 Å². The van der Waals surface area contributed by atoms with Crippen molar-refractivity contribution in [1.82, 2.24) is 19.7 Å². The molecule has 0 aliphatic carbocycles. The van der Waals surface area contributed by atoms with Crippen LogP contribution in [0.3, 0.4) is 0 Å². The molecule has 1 atom stereocenters. The van der Waals surface area contributed by atoms with Gasteiger partial charge in [0.25, 0.3) is 0 Å². The Morgan fingerprint density at radius 3 is 3.17 bits per heavy atom. The van der Waals surface area contributed by atoms with E-state index < -0.39 is 0 Å². The molecule has 6 heteroatoms. The van der Waals surface area contributed by atoms with Crippen molar-refractivity contribution in [3.8, 4) is 0 Å². The van der Waals surface area contributed by atoms with Crippen LogP contribution in [0.4, 0.5) is 5.69 Å². The summed E-state index contributed by atoms with van der Waals surface area (Å²) >= 11 is 6.11. The summed E-state index contributed by atoms with van der Waals surface area (Å²) in [6, 6.07) is 2.05. The number of aromatic nitrogens is 4. The molecule has 0 aromatic carbocycles. The Bertz CT molecular complexity index is 565. The van der Waals surface area contributed by atoms with Crippen LogP contribution in [0.1, 0.15) is 30.5 Å². The third kappa shape index (κ3) is 1.95. The standard InChI is InChI=1S/C12H14ClN5/c1-8-16-17-12-11(3-2-6-18(8)12)15-10-4-5-14-7-9(10)13/h4-5,7,11H,2-3,6H2,1H3,(H,14,15). The lowest BCUT2D eigenvalue weighted by Gasteiger charge is -2.25. The number of anilines is 1. The molecule has 0 fully saturated rings. The van der Waals surface area contributed by atoms with Gasteiger partial charge in [-0.25, -0.2) is 0 Å². The van der Waals surface area contributed by atoms with Gasteiger partial charge in [-0.05, 0) is 25.8 Å². The molecule has 94 valence electrons. The number of nitrogens with zero attached hydrogens (tertiary/aromatic N) is 4. The number of hydrogen-bond acceptors (Lipinski definition) is 4. The Labute approximate surface area is 110 Å². The normalized spacial score (nSPS) is 18.4. The van der Waals surface area contributed by atoms with Crippen molar-refractivity contribution in [2.24, 2.45) is 0 Å². The van der Waals surface area contributed by atoms with Crippen molar-refractivity contribution < 1.29 is 0 Å². The molecule has 0 radical (unpaired) electrons. The Balaban J connectivity index is 1.89. The minimum atomic E-state index is 0.167. The highest BCUT2D eigenvalue weighted by Gasteiger charge is 2.24. The Kier molecular flexibility index (Phi) is 2.91. The lowest BCUT2D eigenvalue weighted by Crippen LogP contribution is -2.22. The number of rotatable bonds is 2. The largest absolute Gasteiger partial charge is 0.374 e. The van der Waals surface area contributed by atoms with E-state index in [1.54, 1.807) is 12.4 Å². The molecule has 2 aromatic heterocycles. The fourth-order valence-corrected chi connectivity index (χ4v) is 2.50. The summed E-state index contributed by atoms with van der Waals surface area (Å²) in [7, 11) is 0. The van der Waals surface area contributed by atoms with Crippen LogP contribution < -0.4 is 5.32 Å². The van der Waals surface area contributed by atoms with Gasteiger partial charge in [0.2, 0.25) is 0 Å². The summed E-state index contributed by atoms with van der Waals surface area (Å²) in [4.78, 5) is 3.98. The molecule has 1 aliphatic heterocycles. The van der Waals surface area contributed by atoms with Crippen molar-refractivity contribution in [2.45, 2.75) is 32.4 Å². The lowest BCUT2D eigenvalue weighted by atomic mass is 10.1. The second-order valence-corrected chi connectivity index (χ2v) is 4.86. The molecule has 0 amide bonds. The Morgan fingerprint density at radius 1 is 1.44 bits per heavy atom. The van der Waals surface area contributed by atoms with E-state index in [0.29, 0.717) is 5.02 Å². The molecule has 3 heterocycles. The van der Waals surface area contributed by atoms with Crippen molar-refractivity contribution in [3.63, 3.8) is 0 Å². The van der Waals surface area contributed by atoms with Crippen molar-refractivity contribution in [1.29, 1.82) is 0 Å². The summed E-state index contributed by atoms with van der Waals surface area (Å²) in [6.07, 6.45) is 5.53. The molecule has 1 aliphatic rings. The topological polar surface area (TPSA) is 55.6 Å². The predicted octanol–water partition coefficient (Wildman–Crippen LogP) is 2.58. The first-order chi connectivity index (χ1) is 8.75. The fourth-order valence-electron chi connectivity index (χ4n) is 2.33. The number of nitrogens with one attached hydrogen (secondary N) is 1. The maximum absolute atomic E-state index is 6.11. The Hall–Kier alpha value is -1.62. The van der Waals surface area contributed by atoms with Gasteiger partial charge in [-0.15, -0.1) is 10.2 Å².